The zero-order chi connectivity index (χ0) is 26.9. The maximum atomic E-state index is 5.15. The molecule has 3 nitrogen and oxygen atoms in total. The van der Waals surface area contributed by atoms with E-state index < -0.39 is 0 Å². The summed E-state index contributed by atoms with van der Waals surface area (Å²) in [5.74, 6) is 0. The van der Waals surface area contributed by atoms with Gasteiger partial charge in [0.2, 0.25) is 0 Å². The zero-order valence-electron chi connectivity index (χ0n) is 22.1. The third-order valence-corrected chi connectivity index (χ3v) is 8.39. The average molecular weight is 522 g/mol. The fraction of sp³-hybridized carbons (Fsp3) is 0. The minimum absolute atomic E-state index is 0.969. The lowest BCUT2D eigenvalue weighted by Gasteiger charge is -2.15. The Kier molecular flexibility index (Phi) is 4.61. The summed E-state index contributed by atoms with van der Waals surface area (Å²) in [7, 11) is 0. The van der Waals surface area contributed by atoms with Gasteiger partial charge >= 0.3 is 0 Å². The van der Waals surface area contributed by atoms with Crippen molar-refractivity contribution in [2.75, 3.05) is 0 Å². The minimum atomic E-state index is 0.969. The van der Waals surface area contributed by atoms with Crippen molar-refractivity contribution in [1.82, 2.24) is 14.4 Å². The number of para-hydroxylation sites is 2. The molecule has 0 radical (unpaired) electrons. The Morgan fingerprint density at radius 3 is 2.10 bits per heavy atom. The monoisotopic (exact) mass is 521 g/mol. The minimum Gasteiger partial charge on any atom is -0.290 e. The third kappa shape index (κ3) is 3.26. The second kappa shape index (κ2) is 8.48. The molecule has 0 fully saturated rings. The van der Waals surface area contributed by atoms with Gasteiger partial charge in [-0.15, -0.1) is 0 Å². The molecule has 0 unspecified atom stereocenters. The Morgan fingerprint density at radius 2 is 1.20 bits per heavy atom. The highest BCUT2D eigenvalue weighted by molar-refractivity contribution is 6.25. The van der Waals surface area contributed by atoms with Crippen molar-refractivity contribution >= 4 is 60.0 Å². The van der Waals surface area contributed by atoms with Crippen LogP contribution in [0.1, 0.15) is 0 Å². The van der Waals surface area contributed by atoms with E-state index in [-0.39, 0.29) is 0 Å². The van der Waals surface area contributed by atoms with Crippen LogP contribution in [0.5, 0.6) is 0 Å². The van der Waals surface area contributed by atoms with Crippen LogP contribution in [0.4, 0.5) is 0 Å². The van der Waals surface area contributed by atoms with E-state index in [1.165, 1.54) is 43.8 Å². The van der Waals surface area contributed by atoms with E-state index in [9.17, 15) is 0 Å². The highest BCUT2D eigenvalue weighted by atomic mass is 15.0. The number of fused-ring (bicyclic) bond motifs is 11. The average Bonchev–Trinajstić information content (AvgIpc) is 3.44. The first-order valence-corrected chi connectivity index (χ1v) is 13.9. The van der Waals surface area contributed by atoms with Crippen LogP contribution in [0.3, 0.4) is 0 Å². The Bertz CT molecular complexity index is 2470. The molecule has 9 aromatic rings. The topological polar surface area (TPSA) is 30.2 Å². The number of rotatable bonds is 2. The summed E-state index contributed by atoms with van der Waals surface area (Å²) in [6, 6.07) is 47.7. The van der Waals surface area contributed by atoms with Crippen molar-refractivity contribution < 1.29 is 0 Å². The number of imidazole rings is 1. The van der Waals surface area contributed by atoms with Crippen LogP contribution in [-0.2, 0) is 0 Å². The van der Waals surface area contributed by atoms with Crippen molar-refractivity contribution in [1.29, 1.82) is 0 Å². The van der Waals surface area contributed by atoms with Gasteiger partial charge in [-0.2, -0.15) is 0 Å². The molecule has 0 aliphatic heterocycles. The third-order valence-electron chi connectivity index (χ3n) is 8.39. The Balaban J connectivity index is 1.32. The molecule has 9 rings (SSSR count). The molecule has 0 aliphatic rings. The first-order valence-electron chi connectivity index (χ1n) is 13.9. The van der Waals surface area contributed by atoms with Gasteiger partial charge < -0.3 is 0 Å². The van der Waals surface area contributed by atoms with Gasteiger partial charge in [0, 0.05) is 17.0 Å². The highest BCUT2D eigenvalue weighted by Crippen LogP contribution is 2.41. The molecule has 0 bridgehead atoms. The van der Waals surface area contributed by atoms with Crippen molar-refractivity contribution in [3.63, 3.8) is 0 Å². The first kappa shape index (κ1) is 22.3. The van der Waals surface area contributed by atoms with Crippen molar-refractivity contribution in [2.24, 2.45) is 0 Å². The number of nitrogens with zero attached hydrogens (tertiary/aromatic N) is 3. The molecular weight excluding hydrogens is 498 g/mol. The molecule has 3 aromatic heterocycles. The maximum Gasteiger partial charge on any atom is 0.147 e. The smallest absolute Gasteiger partial charge is 0.147 e. The van der Waals surface area contributed by atoms with Crippen molar-refractivity contribution in [2.45, 2.75) is 0 Å². The molecule has 41 heavy (non-hydrogen) atoms. The van der Waals surface area contributed by atoms with Crippen LogP contribution >= 0.6 is 0 Å². The first-order chi connectivity index (χ1) is 20.3. The highest BCUT2D eigenvalue weighted by Gasteiger charge is 2.18. The molecule has 0 amide bonds. The molecule has 0 atom stereocenters. The maximum absolute atomic E-state index is 5.15. The lowest BCUT2D eigenvalue weighted by Crippen LogP contribution is -1.95. The summed E-state index contributed by atoms with van der Waals surface area (Å²) >= 11 is 0. The van der Waals surface area contributed by atoms with E-state index in [1.807, 2.05) is 12.3 Å². The molecule has 190 valence electrons. The number of benzene rings is 6. The quantitative estimate of drug-likeness (QED) is 0.212. The molecule has 0 aliphatic carbocycles. The lowest BCUT2D eigenvalue weighted by atomic mass is 9.92. The van der Waals surface area contributed by atoms with Crippen LogP contribution < -0.4 is 0 Å². The zero-order valence-corrected chi connectivity index (χ0v) is 22.1. The number of pyridine rings is 2. The summed E-state index contributed by atoms with van der Waals surface area (Å²) < 4.78 is 2.27. The lowest BCUT2D eigenvalue weighted by molar-refractivity contribution is 1.29. The molecule has 6 aromatic carbocycles. The molecular formula is C38H23N3. The van der Waals surface area contributed by atoms with E-state index in [1.54, 1.807) is 0 Å². The van der Waals surface area contributed by atoms with Gasteiger partial charge in [-0.25, -0.2) is 4.98 Å². The molecule has 0 saturated heterocycles. The Labute approximate surface area is 236 Å². The largest absolute Gasteiger partial charge is 0.290 e. The summed E-state index contributed by atoms with van der Waals surface area (Å²) in [6.07, 6.45) is 1.89. The summed E-state index contributed by atoms with van der Waals surface area (Å²) in [5.41, 5.74) is 9.92. The predicted octanol–water partition coefficient (Wildman–Crippen LogP) is 9.83. The van der Waals surface area contributed by atoms with Gasteiger partial charge in [0.25, 0.3) is 0 Å². The van der Waals surface area contributed by atoms with E-state index in [2.05, 4.69) is 132 Å². The number of hydrogen-bond donors (Lipinski definition) is 0. The van der Waals surface area contributed by atoms with Crippen LogP contribution in [-0.4, -0.2) is 14.4 Å². The van der Waals surface area contributed by atoms with E-state index in [0.29, 0.717) is 0 Å². The fourth-order valence-corrected chi connectivity index (χ4v) is 6.48. The van der Waals surface area contributed by atoms with Crippen LogP contribution in [0.25, 0.3) is 82.3 Å². The van der Waals surface area contributed by atoms with E-state index in [0.717, 1.165) is 38.5 Å². The van der Waals surface area contributed by atoms with E-state index >= 15 is 0 Å². The van der Waals surface area contributed by atoms with Crippen LogP contribution in [0, 0.1) is 0 Å². The van der Waals surface area contributed by atoms with Crippen LogP contribution in [0.2, 0.25) is 0 Å². The number of hydrogen-bond acceptors (Lipinski definition) is 2. The SMILES string of the molecule is c1ccc2cc(-c3ccc(-c4cc5c6ncccc6n6c7ccccc7nc6c5c5ccccc45)cc3)ccc2c1. The summed E-state index contributed by atoms with van der Waals surface area (Å²) in [6.45, 7) is 0. The molecule has 0 saturated carbocycles. The van der Waals surface area contributed by atoms with Crippen molar-refractivity contribution in [3.8, 4) is 22.3 Å². The Morgan fingerprint density at radius 1 is 0.488 bits per heavy atom. The van der Waals surface area contributed by atoms with Gasteiger partial charge in [-0.05, 0) is 80.2 Å². The predicted molar refractivity (Wildman–Crippen MR) is 171 cm³/mol. The van der Waals surface area contributed by atoms with Gasteiger partial charge in [0.1, 0.15) is 5.65 Å². The standard InChI is InChI=1S/C38H23N3/c1-2-9-27-22-28(20-17-24(27)8-1)25-15-18-26(19-16-25)31-23-32-36(30-11-4-3-10-29(30)31)38-40-33-12-5-6-13-34(33)41(38)35-14-7-21-39-37(32)35/h1-23H. The van der Waals surface area contributed by atoms with Gasteiger partial charge in [-0.1, -0.05) is 97.1 Å². The second-order valence-corrected chi connectivity index (χ2v) is 10.7. The molecule has 0 N–H and O–H groups in total. The van der Waals surface area contributed by atoms with Gasteiger partial charge in [0.15, 0.2) is 0 Å². The van der Waals surface area contributed by atoms with Crippen molar-refractivity contribution in [3.05, 3.63) is 140 Å². The normalized spacial score (nSPS) is 11.9. The summed E-state index contributed by atoms with van der Waals surface area (Å²) in [5, 5.41) is 7.17. The van der Waals surface area contributed by atoms with Gasteiger partial charge in [0.05, 0.1) is 22.1 Å². The summed E-state index contributed by atoms with van der Waals surface area (Å²) in [4.78, 5) is 10.1. The second-order valence-electron chi connectivity index (χ2n) is 10.7. The fourth-order valence-electron chi connectivity index (χ4n) is 6.48. The van der Waals surface area contributed by atoms with Gasteiger partial charge in [-0.3, -0.25) is 9.38 Å². The molecule has 3 heteroatoms. The number of aromatic nitrogens is 3. The molecule has 0 spiro atoms. The van der Waals surface area contributed by atoms with Crippen LogP contribution in [0.15, 0.2) is 140 Å². The Hall–Kier alpha value is -5.54. The molecule has 3 heterocycles. The van der Waals surface area contributed by atoms with E-state index in [4.69, 9.17) is 9.97 Å².